The number of ether oxygens (including phenoxy) is 2. The van der Waals surface area contributed by atoms with Gasteiger partial charge in [-0.2, -0.15) is 5.26 Å². The van der Waals surface area contributed by atoms with Gasteiger partial charge in [-0.3, -0.25) is 4.57 Å². The number of anilines is 1. The van der Waals surface area contributed by atoms with E-state index in [-0.39, 0.29) is 0 Å². The molecule has 7 heteroatoms. The van der Waals surface area contributed by atoms with Crippen LogP contribution >= 0.6 is 0 Å². The van der Waals surface area contributed by atoms with E-state index in [0.717, 1.165) is 30.1 Å². The van der Waals surface area contributed by atoms with Crippen molar-refractivity contribution in [3.05, 3.63) is 66.0 Å². The van der Waals surface area contributed by atoms with Crippen molar-refractivity contribution >= 4 is 17.6 Å². The summed E-state index contributed by atoms with van der Waals surface area (Å²) >= 11 is 0. The normalized spacial score (nSPS) is 14.4. The lowest BCUT2D eigenvalue weighted by Crippen LogP contribution is -2.38. The van der Waals surface area contributed by atoms with Crippen LogP contribution in [-0.4, -0.2) is 47.7 Å². The lowest BCUT2D eigenvalue weighted by molar-refractivity contribution is 0.122. The molecule has 0 aliphatic carbocycles. The average molecular weight is 401 g/mol. The van der Waals surface area contributed by atoms with Gasteiger partial charge in [0.1, 0.15) is 11.8 Å². The smallest absolute Gasteiger partial charge is 0.232 e. The Morgan fingerprint density at radius 2 is 1.83 bits per heavy atom. The molecule has 1 fully saturated rings. The van der Waals surface area contributed by atoms with Crippen molar-refractivity contribution in [2.45, 2.75) is 6.92 Å². The zero-order valence-corrected chi connectivity index (χ0v) is 16.9. The zero-order valence-electron chi connectivity index (χ0n) is 16.9. The maximum absolute atomic E-state index is 9.98. The molecule has 3 aromatic rings. The Morgan fingerprint density at radius 1 is 1.10 bits per heavy atom. The van der Waals surface area contributed by atoms with E-state index in [1.807, 2.05) is 66.1 Å². The van der Waals surface area contributed by atoms with Crippen LogP contribution in [-0.2, 0) is 4.74 Å². The third-order valence-corrected chi connectivity index (χ3v) is 4.83. The molecule has 1 aromatic heterocycles. The summed E-state index contributed by atoms with van der Waals surface area (Å²) in [5.41, 5.74) is 2.14. The number of aromatic nitrogens is 3. The molecule has 7 nitrogen and oxygen atoms in total. The molecule has 30 heavy (non-hydrogen) atoms. The number of nitrogens with zero attached hydrogens (tertiary/aromatic N) is 5. The quantitative estimate of drug-likeness (QED) is 0.588. The van der Waals surface area contributed by atoms with Gasteiger partial charge in [0.25, 0.3) is 0 Å². The van der Waals surface area contributed by atoms with E-state index in [0.29, 0.717) is 37.2 Å². The van der Waals surface area contributed by atoms with Crippen molar-refractivity contribution in [1.29, 1.82) is 5.26 Å². The standard InChI is InChI=1S/C23H23N5O2/c1-2-30-21-11-7-6-8-18(21)16-19(17-24)22-25-26-23(27-12-14-29-15-13-27)28(22)20-9-4-3-5-10-20/h3-11,16H,2,12-15H2,1H3. The van der Waals surface area contributed by atoms with Gasteiger partial charge in [-0.15, -0.1) is 10.2 Å². The van der Waals surface area contributed by atoms with Crippen LogP contribution in [0.25, 0.3) is 17.3 Å². The molecule has 0 bridgehead atoms. The number of morpholine rings is 1. The van der Waals surface area contributed by atoms with Crippen LogP contribution in [0.1, 0.15) is 18.3 Å². The summed E-state index contributed by atoms with van der Waals surface area (Å²) in [7, 11) is 0. The maximum Gasteiger partial charge on any atom is 0.232 e. The van der Waals surface area contributed by atoms with Gasteiger partial charge in [0.05, 0.1) is 31.1 Å². The second-order valence-corrected chi connectivity index (χ2v) is 6.73. The molecule has 4 rings (SSSR count). The zero-order chi connectivity index (χ0) is 20.8. The third-order valence-electron chi connectivity index (χ3n) is 4.83. The van der Waals surface area contributed by atoms with Crippen LogP contribution in [0, 0.1) is 11.3 Å². The van der Waals surface area contributed by atoms with Gasteiger partial charge < -0.3 is 14.4 Å². The van der Waals surface area contributed by atoms with E-state index in [9.17, 15) is 5.26 Å². The van der Waals surface area contributed by atoms with Crippen LogP contribution in [0.15, 0.2) is 54.6 Å². The van der Waals surface area contributed by atoms with Crippen molar-refractivity contribution in [3.8, 4) is 17.5 Å². The van der Waals surface area contributed by atoms with E-state index < -0.39 is 0 Å². The molecule has 0 N–H and O–H groups in total. The third kappa shape index (κ3) is 4.04. The van der Waals surface area contributed by atoms with E-state index in [1.165, 1.54) is 0 Å². The van der Waals surface area contributed by atoms with Gasteiger partial charge in [-0.25, -0.2) is 0 Å². The highest BCUT2D eigenvalue weighted by Crippen LogP contribution is 2.28. The highest BCUT2D eigenvalue weighted by molar-refractivity contribution is 5.89. The Balaban J connectivity index is 1.83. The minimum Gasteiger partial charge on any atom is -0.493 e. The molecule has 1 saturated heterocycles. The Labute approximate surface area is 175 Å². The van der Waals surface area contributed by atoms with Gasteiger partial charge in [-0.05, 0) is 31.2 Å². The van der Waals surface area contributed by atoms with Crippen molar-refractivity contribution in [2.75, 3.05) is 37.8 Å². The summed E-state index contributed by atoms with van der Waals surface area (Å²) in [6.45, 7) is 5.22. The minimum absolute atomic E-state index is 0.415. The number of rotatable bonds is 6. The summed E-state index contributed by atoms with van der Waals surface area (Å²) in [4.78, 5) is 2.14. The molecule has 2 aromatic carbocycles. The van der Waals surface area contributed by atoms with Crippen molar-refractivity contribution in [1.82, 2.24) is 14.8 Å². The fourth-order valence-electron chi connectivity index (χ4n) is 3.42. The molecule has 0 radical (unpaired) electrons. The fraction of sp³-hybridized carbons (Fsp3) is 0.261. The monoisotopic (exact) mass is 401 g/mol. The van der Waals surface area contributed by atoms with Crippen LogP contribution in [0.2, 0.25) is 0 Å². The molecule has 0 saturated carbocycles. The Hall–Kier alpha value is -3.63. The lowest BCUT2D eigenvalue weighted by atomic mass is 10.1. The Kier molecular flexibility index (Phi) is 6.06. The van der Waals surface area contributed by atoms with E-state index in [1.54, 1.807) is 6.08 Å². The van der Waals surface area contributed by atoms with Gasteiger partial charge >= 0.3 is 0 Å². The van der Waals surface area contributed by atoms with Gasteiger partial charge in [0.15, 0.2) is 5.82 Å². The van der Waals surface area contributed by atoms with Crippen LogP contribution in [0.3, 0.4) is 0 Å². The fourth-order valence-corrected chi connectivity index (χ4v) is 3.42. The first-order chi connectivity index (χ1) is 14.8. The van der Waals surface area contributed by atoms with Gasteiger partial charge in [-0.1, -0.05) is 36.4 Å². The topological polar surface area (TPSA) is 76.2 Å². The SMILES string of the molecule is CCOc1ccccc1C=C(C#N)c1nnc(N2CCOCC2)n1-c1ccccc1. The summed E-state index contributed by atoms with van der Waals surface area (Å²) in [5, 5.41) is 18.8. The number of hydrogen-bond donors (Lipinski definition) is 0. The molecule has 152 valence electrons. The van der Waals surface area contributed by atoms with Gasteiger partial charge in [0.2, 0.25) is 5.95 Å². The predicted molar refractivity (Wildman–Crippen MR) is 115 cm³/mol. The second-order valence-electron chi connectivity index (χ2n) is 6.73. The highest BCUT2D eigenvalue weighted by Gasteiger charge is 2.23. The van der Waals surface area contributed by atoms with Crippen molar-refractivity contribution < 1.29 is 9.47 Å². The van der Waals surface area contributed by atoms with Crippen molar-refractivity contribution in [3.63, 3.8) is 0 Å². The van der Waals surface area contributed by atoms with E-state index in [2.05, 4.69) is 21.2 Å². The van der Waals surface area contributed by atoms with Gasteiger partial charge in [0, 0.05) is 18.7 Å². The largest absolute Gasteiger partial charge is 0.493 e. The molecule has 0 atom stereocenters. The molecular formula is C23H23N5O2. The van der Waals surface area contributed by atoms with Crippen LogP contribution < -0.4 is 9.64 Å². The summed E-state index contributed by atoms with van der Waals surface area (Å²) in [6, 6.07) is 19.8. The number of para-hydroxylation sites is 2. The molecule has 0 spiro atoms. The Bertz CT molecular complexity index is 1060. The second kappa shape index (κ2) is 9.25. The molecule has 1 aliphatic heterocycles. The summed E-state index contributed by atoms with van der Waals surface area (Å²) < 4.78 is 13.1. The number of allylic oxidation sites excluding steroid dienone is 1. The minimum atomic E-state index is 0.415. The molecular weight excluding hydrogens is 378 g/mol. The van der Waals surface area contributed by atoms with Crippen molar-refractivity contribution in [2.24, 2.45) is 0 Å². The molecule has 2 heterocycles. The Morgan fingerprint density at radius 3 is 2.57 bits per heavy atom. The van der Waals surface area contributed by atoms with Crippen LogP contribution in [0.4, 0.5) is 5.95 Å². The number of benzene rings is 2. The number of hydrogen-bond acceptors (Lipinski definition) is 6. The summed E-state index contributed by atoms with van der Waals surface area (Å²) in [5.74, 6) is 1.93. The summed E-state index contributed by atoms with van der Waals surface area (Å²) in [6.07, 6.45) is 1.80. The molecule has 0 amide bonds. The van der Waals surface area contributed by atoms with Crippen LogP contribution in [0.5, 0.6) is 5.75 Å². The molecule has 1 aliphatic rings. The van der Waals surface area contributed by atoms with E-state index in [4.69, 9.17) is 9.47 Å². The predicted octanol–water partition coefficient (Wildman–Crippen LogP) is 3.57. The molecule has 0 unspecified atom stereocenters. The maximum atomic E-state index is 9.98. The first-order valence-corrected chi connectivity index (χ1v) is 9.99. The first kappa shape index (κ1) is 19.7. The first-order valence-electron chi connectivity index (χ1n) is 9.99. The average Bonchev–Trinajstić information content (AvgIpc) is 3.25. The number of nitriles is 1. The highest BCUT2D eigenvalue weighted by atomic mass is 16.5. The van der Waals surface area contributed by atoms with E-state index >= 15 is 0 Å². The lowest BCUT2D eigenvalue weighted by Gasteiger charge is -2.28.